The number of benzene rings is 2. The van der Waals surface area contributed by atoms with Gasteiger partial charge < -0.3 is 15.2 Å². The Morgan fingerprint density at radius 2 is 1.24 bits per heavy atom. The van der Waals surface area contributed by atoms with Crippen LogP contribution in [0.1, 0.15) is 141 Å². The van der Waals surface area contributed by atoms with Gasteiger partial charge in [0, 0.05) is 6.42 Å². The van der Waals surface area contributed by atoms with Gasteiger partial charge in [0.25, 0.3) is 0 Å². The fourth-order valence-electron chi connectivity index (χ4n) is 5.61. The van der Waals surface area contributed by atoms with Crippen molar-refractivity contribution in [1.29, 1.82) is 0 Å². The van der Waals surface area contributed by atoms with E-state index in [4.69, 9.17) is 4.74 Å². The summed E-state index contributed by atoms with van der Waals surface area (Å²) < 4.78 is 6.40. The molecule has 0 spiro atoms. The molecule has 0 aliphatic heterocycles. The summed E-state index contributed by atoms with van der Waals surface area (Å²) in [5.74, 6) is -0.473. The molecule has 230 valence electrons. The van der Waals surface area contributed by atoms with E-state index < -0.39 is 12.0 Å². The lowest BCUT2D eigenvalue weighted by atomic mass is 9.89. The Hall–Kier alpha value is -2.17. The average Bonchev–Trinajstić information content (AvgIpc) is 2.99. The molecule has 0 aliphatic carbocycles. The van der Waals surface area contributed by atoms with Crippen LogP contribution in [-0.4, -0.2) is 23.2 Å². The topological polar surface area (TPSA) is 58.6 Å². The molecule has 2 aromatic rings. The Morgan fingerprint density at radius 3 is 1.85 bits per heavy atom. The first-order valence-electron chi connectivity index (χ1n) is 16.7. The van der Waals surface area contributed by atoms with Gasteiger partial charge in [-0.2, -0.15) is 0 Å². The number of ether oxygens (including phenoxy) is 1. The molecule has 0 unspecified atom stereocenters. The molecule has 0 bridgehead atoms. The predicted octanol–water partition coefficient (Wildman–Crippen LogP) is 9.71. The molecule has 0 fully saturated rings. The molecule has 4 atom stereocenters. The van der Waals surface area contributed by atoms with Gasteiger partial charge in [-0.3, -0.25) is 4.79 Å². The van der Waals surface area contributed by atoms with Gasteiger partial charge in [-0.25, -0.2) is 0 Å². The monoisotopic (exact) mass is 565 g/mol. The average molecular weight is 566 g/mol. The van der Waals surface area contributed by atoms with Crippen LogP contribution in [0.5, 0.6) is 0 Å². The zero-order valence-electron chi connectivity index (χ0n) is 26.4. The first kappa shape index (κ1) is 35.0. The SMILES string of the molecule is CCCCCCCCCCC[C@H](C[C@H](O)[C@H](CCCCCC)C(=O)N[C@@H](C)c1ccccc1)OCc1ccccc1. The number of aliphatic hydroxyl groups is 1. The maximum Gasteiger partial charge on any atom is 0.226 e. The number of hydrogen-bond donors (Lipinski definition) is 2. The van der Waals surface area contributed by atoms with Crippen molar-refractivity contribution < 1.29 is 14.6 Å². The number of carbonyl (C=O) groups excluding carboxylic acids is 1. The quantitative estimate of drug-likeness (QED) is 0.125. The first-order valence-corrected chi connectivity index (χ1v) is 16.7. The molecule has 2 N–H and O–H groups in total. The molecular formula is C37H59NO3. The summed E-state index contributed by atoms with van der Waals surface area (Å²) in [5, 5.41) is 14.7. The standard InChI is InChI=1S/C37H59NO3/c1-4-6-8-10-11-12-13-14-21-27-34(41-30-32-23-17-15-18-24-32)29-36(39)35(28-22-9-7-5-2)37(40)38-31(3)33-25-19-16-20-26-33/h15-20,23-26,31,34-36,39H,4-14,21-22,27-30H2,1-3H3,(H,38,40)/t31-,34+,35-,36-/m0/s1. The summed E-state index contributed by atoms with van der Waals surface area (Å²) in [7, 11) is 0. The molecule has 0 saturated carbocycles. The molecule has 2 aromatic carbocycles. The Balaban J connectivity index is 1.97. The third-order valence-electron chi connectivity index (χ3n) is 8.29. The second-order valence-electron chi connectivity index (χ2n) is 11.9. The van der Waals surface area contributed by atoms with Crippen molar-refractivity contribution in [2.24, 2.45) is 5.92 Å². The Kier molecular flexibility index (Phi) is 19.2. The van der Waals surface area contributed by atoms with E-state index in [2.05, 4.69) is 31.3 Å². The van der Waals surface area contributed by atoms with Crippen molar-refractivity contribution in [2.75, 3.05) is 0 Å². The van der Waals surface area contributed by atoms with E-state index in [1.54, 1.807) is 0 Å². The summed E-state index contributed by atoms with van der Waals surface area (Å²) in [5.41, 5.74) is 2.22. The molecule has 41 heavy (non-hydrogen) atoms. The van der Waals surface area contributed by atoms with Crippen LogP contribution >= 0.6 is 0 Å². The zero-order chi connectivity index (χ0) is 29.5. The summed E-state index contributed by atoms with van der Waals surface area (Å²) in [6, 6.07) is 20.2. The number of amides is 1. The largest absolute Gasteiger partial charge is 0.392 e. The van der Waals surface area contributed by atoms with Crippen LogP contribution in [0.3, 0.4) is 0 Å². The molecule has 0 radical (unpaired) electrons. The van der Waals surface area contributed by atoms with Gasteiger partial charge in [0.1, 0.15) is 0 Å². The number of unbranched alkanes of at least 4 members (excludes halogenated alkanes) is 11. The highest BCUT2D eigenvalue weighted by molar-refractivity contribution is 5.79. The van der Waals surface area contributed by atoms with Crippen LogP contribution in [0.25, 0.3) is 0 Å². The second kappa shape index (κ2) is 22.4. The van der Waals surface area contributed by atoms with Crippen LogP contribution in [0, 0.1) is 5.92 Å². The van der Waals surface area contributed by atoms with E-state index >= 15 is 0 Å². The number of hydrogen-bond acceptors (Lipinski definition) is 3. The van der Waals surface area contributed by atoms with Crippen LogP contribution in [0.2, 0.25) is 0 Å². The van der Waals surface area contributed by atoms with Crippen LogP contribution < -0.4 is 5.32 Å². The second-order valence-corrected chi connectivity index (χ2v) is 11.9. The molecule has 4 heteroatoms. The molecule has 0 aromatic heterocycles. The maximum absolute atomic E-state index is 13.5. The van der Waals surface area contributed by atoms with Gasteiger partial charge in [-0.1, -0.05) is 158 Å². The normalized spacial score (nSPS) is 14.3. The number of rotatable bonds is 24. The zero-order valence-corrected chi connectivity index (χ0v) is 26.4. The van der Waals surface area contributed by atoms with Crippen molar-refractivity contribution in [3.63, 3.8) is 0 Å². The van der Waals surface area contributed by atoms with Gasteiger partial charge in [-0.05, 0) is 30.9 Å². The number of aliphatic hydroxyl groups excluding tert-OH is 1. The molecule has 0 saturated heterocycles. The Bertz CT molecular complexity index is 888. The molecular weight excluding hydrogens is 506 g/mol. The van der Waals surface area contributed by atoms with Crippen LogP contribution in [-0.2, 0) is 16.1 Å². The van der Waals surface area contributed by atoms with Crippen LogP contribution in [0.4, 0.5) is 0 Å². The summed E-state index contributed by atoms with van der Waals surface area (Å²) in [6.45, 7) is 7.01. The third-order valence-corrected chi connectivity index (χ3v) is 8.29. The lowest BCUT2D eigenvalue weighted by Crippen LogP contribution is -2.40. The van der Waals surface area contributed by atoms with Gasteiger partial charge in [0.15, 0.2) is 0 Å². The minimum Gasteiger partial charge on any atom is -0.392 e. The fraction of sp³-hybridized carbons (Fsp3) is 0.649. The Morgan fingerprint density at radius 1 is 0.732 bits per heavy atom. The van der Waals surface area contributed by atoms with Crippen molar-refractivity contribution in [1.82, 2.24) is 5.32 Å². The maximum atomic E-state index is 13.5. The molecule has 4 nitrogen and oxygen atoms in total. The van der Waals surface area contributed by atoms with Crippen molar-refractivity contribution in [3.05, 3.63) is 71.8 Å². The van der Waals surface area contributed by atoms with E-state index in [9.17, 15) is 9.90 Å². The van der Waals surface area contributed by atoms with Gasteiger partial charge in [-0.15, -0.1) is 0 Å². The highest BCUT2D eigenvalue weighted by Gasteiger charge is 2.30. The molecule has 0 aliphatic rings. The van der Waals surface area contributed by atoms with Gasteiger partial charge in [0.2, 0.25) is 5.91 Å². The highest BCUT2D eigenvalue weighted by atomic mass is 16.5. The van der Waals surface area contributed by atoms with E-state index in [1.807, 2.05) is 55.5 Å². The predicted molar refractivity (Wildman–Crippen MR) is 173 cm³/mol. The van der Waals surface area contributed by atoms with E-state index in [0.717, 1.165) is 49.7 Å². The Labute approximate surface area is 251 Å². The summed E-state index contributed by atoms with van der Waals surface area (Å²) in [4.78, 5) is 13.5. The van der Waals surface area contributed by atoms with Crippen molar-refractivity contribution >= 4 is 5.91 Å². The fourth-order valence-corrected chi connectivity index (χ4v) is 5.61. The smallest absolute Gasteiger partial charge is 0.226 e. The van der Waals surface area contributed by atoms with E-state index in [0.29, 0.717) is 19.4 Å². The number of carbonyl (C=O) groups is 1. The van der Waals surface area contributed by atoms with Gasteiger partial charge >= 0.3 is 0 Å². The van der Waals surface area contributed by atoms with Crippen molar-refractivity contribution in [2.45, 2.75) is 148 Å². The van der Waals surface area contributed by atoms with Gasteiger partial charge in [0.05, 0.1) is 30.8 Å². The molecule has 0 heterocycles. The minimum atomic E-state index is -0.723. The van der Waals surface area contributed by atoms with E-state index in [-0.39, 0.29) is 18.1 Å². The lowest BCUT2D eigenvalue weighted by Gasteiger charge is -2.28. The number of nitrogens with one attached hydrogen (secondary N) is 1. The van der Waals surface area contributed by atoms with Crippen LogP contribution in [0.15, 0.2) is 60.7 Å². The molecule has 2 rings (SSSR count). The summed E-state index contributed by atoms with van der Waals surface area (Å²) >= 11 is 0. The third kappa shape index (κ3) is 15.6. The highest BCUT2D eigenvalue weighted by Crippen LogP contribution is 2.24. The lowest BCUT2D eigenvalue weighted by molar-refractivity contribution is -0.130. The molecule has 1 amide bonds. The van der Waals surface area contributed by atoms with Crippen molar-refractivity contribution in [3.8, 4) is 0 Å². The first-order chi connectivity index (χ1) is 20.0. The summed E-state index contributed by atoms with van der Waals surface area (Å²) in [6.07, 6.45) is 17.3. The minimum absolute atomic E-state index is 0.0461. The van der Waals surface area contributed by atoms with E-state index in [1.165, 1.54) is 51.4 Å².